The second kappa shape index (κ2) is 8.12. The van der Waals surface area contributed by atoms with Crippen LogP contribution in [0.2, 0.25) is 0 Å². The maximum Gasteiger partial charge on any atom is 0.136 e. The molecule has 0 bridgehead atoms. The highest BCUT2D eigenvalue weighted by molar-refractivity contribution is 5.65. The maximum atomic E-state index is 14.8. The van der Waals surface area contributed by atoms with Gasteiger partial charge < -0.3 is 9.47 Å². The lowest BCUT2D eigenvalue weighted by molar-refractivity contribution is 0.156. The molecule has 0 saturated carbocycles. The molecule has 146 valence electrons. The van der Waals surface area contributed by atoms with E-state index in [1.165, 1.54) is 13.2 Å². The van der Waals surface area contributed by atoms with Crippen molar-refractivity contribution in [3.05, 3.63) is 66.1 Å². The summed E-state index contributed by atoms with van der Waals surface area (Å²) in [5, 5.41) is 4.72. The molecule has 0 spiro atoms. The van der Waals surface area contributed by atoms with E-state index >= 15 is 0 Å². The van der Waals surface area contributed by atoms with E-state index < -0.39 is 0 Å². The Bertz CT molecular complexity index is 936. The van der Waals surface area contributed by atoms with E-state index in [1.807, 2.05) is 41.2 Å². The van der Waals surface area contributed by atoms with Gasteiger partial charge in [0.25, 0.3) is 0 Å². The lowest BCUT2D eigenvalue weighted by Crippen LogP contribution is -2.31. The molecule has 4 rings (SSSR count). The van der Waals surface area contributed by atoms with Gasteiger partial charge in [-0.15, -0.1) is 0 Å². The van der Waals surface area contributed by atoms with Crippen molar-refractivity contribution in [2.75, 3.05) is 27.4 Å². The number of halogens is 1. The number of nitrogens with zero attached hydrogens (tertiary/aromatic N) is 3. The summed E-state index contributed by atoms with van der Waals surface area (Å²) in [5.74, 6) is 0.149. The minimum absolute atomic E-state index is 0.342. The van der Waals surface area contributed by atoms with Gasteiger partial charge in [0.1, 0.15) is 17.3 Å². The van der Waals surface area contributed by atoms with Gasteiger partial charge in [-0.1, -0.05) is 18.2 Å². The molecular weight excluding hydrogens is 357 g/mol. The van der Waals surface area contributed by atoms with Crippen molar-refractivity contribution >= 4 is 0 Å². The largest absolute Gasteiger partial charge is 0.497 e. The normalized spacial score (nSPS) is 16.6. The van der Waals surface area contributed by atoms with Crippen molar-refractivity contribution in [3.63, 3.8) is 0 Å². The van der Waals surface area contributed by atoms with Crippen molar-refractivity contribution in [1.82, 2.24) is 14.7 Å². The fraction of sp³-hybridized carbons (Fsp3) is 0.318. The molecule has 1 aliphatic heterocycles. The fourth-order valence-corrected chi connectivity index (χ4v) is 3.55. The number of para-hydroxylation sites is 1. The fourth-order valence-electron chi connectivity index (χ4n) is 3.55. The van der Waals surface area contributed by atoms with Crippen molar-refractivity contribution in [3.8, 4) is 22.7 Å². The Morgan fingerprint density at radius 1 is 1.25 bits per heavy atom. The lowest BCUT2D eigenvalue weighted by Gasteiger charge is -2.22. The van der Waals surface area contributed by atoms with Crippen molar-refractivity contribution < 1.29 is 13.9 Å². The summed E-state index contributed by atoms with van der Waals surface area (Å²) in [6.07, 6.45) is 3.00. The van der Waals surface area contributed by atoms with Gasteiger partial charge in [0.2, 0.25) is 0 Å². The molecule has 0 N–H and O–H groups in total. The molecule has 28 heavy (non-hydrogen) atoms. The second-order valence-corrected chi connectivity index (χ2v) is 7.06. The summed E-state index contributed by atoms with van der Waals surface area (Å²) >= 11 is 0. The smallest absolute Gasteiger partial charge is 0.136 e. The molecule has 1 saturated heterocycles. The summed E-state index contributed by atoms with van der Waals surface area (Å²) in [7, 11) is 3.61. The Hall–Kier alpha value is -2.70. The number of hydrogen-bond donors (Lipinski definition) is 0. The standard InChI is InChI=1S/C22H24FN3O2/c1-25(18-10-11-28-15-18)13-16-14-26(17-6-4-3-5-7-17)24-22(16)20-9-8-19(27-2)12-21(20)23/h3-9,12,14,18H,10-11,13,15H2,1-2H3/t18-/m0/s1. The molecule has 3 aromatic rings. The maximum absolute atomic E-state index is 14.8. The van der Waals surface area contributed by atoms with E-state index in [2.05, 4.69) is 11.9 Å². The number of ether oxygens (including phenoxy) is 2. The van der Waals surface area contributed by atoms with Gasteiger partial charge in [-0.05, 0) is 37.7 Å². The lowest BCUT2D eigenvalue weighted by atomic mass is 10.1. The third kappa shape index (κ3) is 3.79. The van der Waals surface area contributed by atoms with E-state index in [0.717, 1.165) is 30.9 Å². The molecule has 1 aromatic heterocycles. The molecule has 0 unspecified atom stereocenters. The average Bonchev–Trinajstić information content (AvgIpc) is 3.39. The topological polar surface area (TPSA) is 39.5 Å². The van der Waals surface area contributed by atoms with Crippen LogP contribution in [0.4, 0.5) is 4.39 Å². The van der Waals surface area contributed by atoms with Gasteiger partial charge in [0, 0.05) is 42.6 Å². The van der Waals surface area contributed by atoms with Crippen LogP contribution in [-0.2, 0) is 11.3 Å². The monoisotopic (exact) mass is 381 g/mol. The summed E-state index contributed by atoms with van der Waals surface area (Å²) in [6.45, 7) is 2.19. The Morgan fingerprint density at radius 3 is 2.75 bits per heavy atom. The first-order valence-corrected chi connectivity index (χ1v) is 9.41. The zero-order valence-corrected chi connectivity index (χ0v) is 16.1. The van der Waals surface area contributed by atoms with Crippen LogP contribution in [0.15, 0.2) is 54.7 Å². The summed E-state index contributed by atoms with van der Waals surface area (Å²) < 4.78 is 27.3. The third-order valence-corrected chi connectivity index (χ3v) is 5.19. The van der Waals surface area contributed by atoms with Crippen LogP contribution in [0.1, 0.15) is 12.0 Å². The number of benzene rings is 2. The first-order chi connectivity index (χ1) is 13.7. The van der Waals surface area contributed by atoms with E-state index in [9.17, 15) is 4.39 Å². The Balaban J connectivity index is 1.73. The minimum Gasteiger partial charge on any atom is -0.497 e. The van der Waals surface area contributed by atoms with Crippen LogP contribution in [0.5, 0.6) is 5.75 Å². The Morgan fingerprint density at radius 2 is 2.07 bits per heavy atom. The summed E-state index contributed by atoms with van der Waals surface area (Å²) in [6, 6.07) is 15.1. The van der Waals surface area contributed by atoms with Crippen molar-refractivity contribution in [2.45, 2.75) is 19.0 Å². The number of rotatable bonds is 6. The van der Waals surface area contributed by atoms with E-state index in [4.69, 9.17) is 14.6 Å². The molecule has 6 heteroatoms. The van der Waals surface area contributed by atoms with Crippen LogP contribution >= 0.6 is 0 Å². The predicted molar refractivity (Wildman–Crippen MR) is 106 cm³/mol. The zero-order valence-electron chi connectivity index (χ0n) is 16.1. The average molecular weight is 381 g/mol. The summed E-state index contributed by atoms with van der Waals surface area (Å²) in [4.78, 5) is 2.25. The first kappa shape index (κ1) is 18.7. The summed E-state index contributed by atoms with van der Waals surface area (Å²) in [5.41, 5.74) is 3.04. The first-order valence-electron chi connectivity index (χ1n) is 9.41. The Labute approximate surface area is 164 Å². The quantitative estimate of drug-likeness (QED) is 0.649. The molecule has 1 fully saturated rings. The molecule has 2 heterocycles. The Kier molecular flexibility index (Phi) is 5.41. The molecule has 0 aliphatic carbocycles. The van der Waals surface area contributed by atoms with Crippen LogP contribution in [0, 0.1) is 5.82 Å². The molecule has 0 amide bonds. The second-order valence-electron chi connectivity index (χ2n) is 7.06. The highest BCUT2D eigenvalue weighted by Crippen LogP contribution is 2.30. The number of likely N-dealkylation sites (N-methyl/N-ethyl adjacent to an activating group) is 1. The third-order valence-electron chi connectivity index (χ3n) is 5.19. The van der Waals surface area contributed by atoms with Gasteiger partial charge in [-0.25, -0.2) is 9.07 Å². The van der Waals surface area contributed by atoms with Crippen LogP contribution < -0.4 is 4.74 Å². The van der Waals surface area contributed by atoms with Crippen LogP contribution in [-0.4, -0.2) is 48.1 Å². The number of aromatic nitrogens is 2. The molecule has 1 atom stereocenters. The number of methoxy groups -OCH3 is 1. The van der Waals surface area contributed by atoms with Gasteiger partial charge in [-0.3, -0.25) is 4.90 Å². The van der Waals surface area contributed by atoms with E-state index in [-0.39, 0.29) is 5.82 Å². The van der Waals surface area contributed by atoms with Crippen LogP contribution in [0.25, 0.3) is 16.9 Å². The van der Waals surface area contributed by atoms with E-state index in [0.29, 0.717) is 29.6 Å². The predicted octanol–water partition coefficient (Wildman–Crippen LogP) is 3.91. The van der Waals surface area contributed by atoms with Gasteiger partial charge in [0.15, 0.2) is 0 Å². The molecule has 1 aliphatic rings. The van der Waals surface area contributed by atoms with E-state index in [1.54, 1.807) is 12.1 Å². The molecular formula is C22H24FN3O2. The van der Waals surface area contributed by atoms with Crippen LogP contribution in [0.3, 0.4) is 0 Å². The van der Waals surface area contributed by atoms with Crippen molar-refractivity contribution in [2.24, 2.45) is 0 Å². The molecule has 2 aromatic carbocycles. The van der Waals surface area contributed by atoms with Crippen molar-refractivity contribution in [1.29, 1.82) is 0 Å². The SMILES string of the molecule is COc1ccc(-c2nn(-c3ccccc3)cc2CN(C)[C@H]2CCOC2)c(F)c1. The van der Waals surface area contributed by atoms with Gasteiger partial charge in [-0.2, -0.15) is 5.10 Å². The minimum atomic E-state index is -0.342. The number of hydrogen-bond acceptors (Lipinski definition) is 4. The molecule has 0 radical (unpaired) electrons. The zero-order chi connectivity index (χ0) is 19.5. The molecule has 5 nitrogen and oxygen atoms in total. The highest BCUT2D eigenvalue weighted by Gasteiger charge is 2.23. The van der Waals surface area contributed by atoms with Gasteiger partial charge in [0.05, 0.1) is 19.4 Å². The van der Waals surface area contributed by atoms with Gasteiger partial charge >= 0.3 is 0 Å². The highest BCUT2D eigenvalue weighted by atomic mass is 19.1.